The molecule has 258 valence electrons. The summed E-state index contributed by atoms with van der Waals surface area (Å²) in [4.78, 5) is 10.6. The number of fused-ring (bicyclic) bond motifs is 14. The molecule has 13 aromatic rings. The van der Waals surface area contributed by atoms with Crippen molar-refractivity contribution in [1.29, 1.82) is 0 Å². The maximum atomic E-state index is 5.29. The molecule has 0 aliphatic rings. The van der Waals surface area contributed by atoms with Crippen molar-refractivity contribution in [2.24, 2.45) is 0 Å². The molecule has 0 saturated heterocycles. The SMILES string of the molecule is c1ccc2c(-c3nc4ccccc4nc3-c3ccc(-n4c5ccc6ccccc6c5c5c6c7ccccc7n7c8ccccc8c(cc54)c67)cc3)cccc2c1. The Balaban J connectivity index is 1.12. The average molecular weight is 711 g/mol. The van der Waals surface area contributed by atoms with E-state index < -0.39 is 0 Å². The van der Waals surface area contributed by atoms with Crippen LogP contribution in [0.15, 0.2) is 182 Å². The Bertz CT molecular complexity index is 3750. The van der Waals surface area contributed by atoms with Crippen LogP contribution in [0.5, 0.6) is 0 Å². The third-order valence-corrected chi connectivity index (χ3v) is 12.0. The topological polar surface area (TPSA) is 35.1 Å². The van der Waals surface area contributed by atoms with Gasteiger partial charge in [0, 0.05) is 49.1 Å². The van der Waals surface area contributed by atoms with Crippen LogP contribution in [0.25, 0.3) is 121 Å². The highest BCUT2D eigenvalue weighted by molar-refractivity contribution is 6.38. The monoisotopic (exact) mass is 710 g/mol. The van der Waals surface area contributed by atoms with E-state index in [1.165, 1.54) is 76.1 Å². The fourth-order valence-electron chi connectivity index (χ4n) is 9.64. The van der Waals surface area contributed by atoms with Crippen molar-refractivity contribution in [1.82, 2.24) is 18.9 Å². The molecule has 4 nitrogen and oxygen atoms in total. The first kappa shape index (κ1) is 29.8. The van der Waals surface area contributed by atoms with E-state index in [1.54, 1.807) is 0 Å². The number of aromatic nitrogens is 4. The van der Waals surface area contributed by atoms with Crippen LogP contribution in [-0.2, 0) is 0 Å². The zero-order valence-corrected chi connectivity index (χ0v) is 30.1. The molecule has 0 aliphatic heterocycles. The Morgan fingerprint density at radius 3 is 1.75 bits per heavy atom. The van der Waals surface area contributed by atoms with E-state index in [9.17, 15) is 0 Å². The minimum Gasteiger partial charge on any atom is -0.309 e. The smallest absolute Gasteiger partial charge is 0.0979 e. The van der Waals surface area contributed by atoms with Gasteiger partial charge in [-0.25, -0.2) is 9.97 Å². The first-order valence-corrected chi connectivity index (χ1v) is 19.2. The summed E-state index contributed by atoms with van der Waals surface area (Å²) >= 11 is 0. The minimum atomic E-state index is 0.874. The molecule has 4 aromatic heterocycles. The van der Waals surface area contributed by atoms with E-state index in [-0.39, 0.29) is 0 Å². The fraction of sp³-hybridized carbons (Fsp3) is 0. The summed E-state index contributed by atoms with van der Waals surface area (Å²) in [6.45, 7) is 0. The zero-order chi connectivity index (χ0) is 36.5. The minimum absolute atomic E-state index is 0.874. The van der Waals surface area contributed by atoms with Crippen LogP contribution in [0, 0.1) is 0 Å². The summed E-state index contributed by atoms with van der Waals surface area (Å²) in [6, 6.07) is 65.7. The third-order valence-electron chi connectivity index (χ3n) is 12.0. The molecule has 4 heterocycles. The van der Waals surface area contributed by atoms with Crippen LogP contribution >= 0.6 is 0 Å². The number of rotatable bonds is 3. The van der Waals surface area contributed by atoms with Crippen molar-refractivity contribution in [3.8, 4) is 28.2 Å². The second-order valence-electron chi connectivity index (χ2n) is 14.9. The van der Waals surface area contributed by atoms with Gasteiger partial charge in [0.2, 0.25) is 0 Å². The van der Waals surface area contributed by atoms with E-state index >= 15 is 0 Å². The molecule has 0 bridgehead atoms. The predicted molar refractivity (Wildman–Crippen MR) is 234 cm³/mol. The van der Waals surface area contributed by atoms with Crippen molar-refractivity contribution in [2.45, 2.75) is 0 Å². The highest BCUT2D eigenvalue weighted by atomic mass is 15.0. The number of hydrogen-bond donors (Lipinski definition) is 0. The standard InChI is InChI=1S/C52H30N4/c1-3-15-35-31(12-1)14-11-19-38(35)51-50(53-41-20-7-8-21-42(41)54-51)33-24-27-34(28-25-33)55-45-29-26-32-13-2-4-16-36(32)47(45)49-46(55)30-40-37-17-5-9-22-43(37)56-44-23-10-6-18-39(44)48(49)52(40)56/h1-30H. The van der Waals surface area contributed by atoms with E-state index in [0.717, 1.165) is 44.6 Å². The van der Waals surface area contributed by atoms with Crippen LogP contribution in [0.4, 0.5) is 0 Å². The normalized spacial score (nSPS) is 12.3. The molecule has 0 saturated carbocycles. The van der Waals surface area contributed by atoms with Crippen molar-refractivity contribution >= 4 is 92.5 Å². The summed E-state index contributed by atoms with van der Waals surface area (Å²) in [5.41, 5.74) is 12.9. The Hall–Kier alpha value is -7.56. The first-order chi connectivity index (χ1) is 27.8. The van der Waals surface area contributed by atoms with Gasteiger partial charge < -0.3 is 8.97 Å². The largest absolute Gasteiger partial charge is 0.309 e. The highest BCUT2D eigenvalue weighted by Gasteiger charge is 2.25. The first-order valence-electron chi connectivity index (χ1n) is 19.2. The number of nitrogens with zero attached hydrogens (tertiary/aromatic N) is 4. The highest BCUT2D eigenvalue weighted by Crippen LogP contribution is 2.48. The Kier molecular flexibility index (Phi) is 5.86. The molecule has 9 aromatic carbocycles. The molecule has 0 radical (unpaired) electrons. The van der Waals surface area contributed by atoms with Gasteiger partial charge >= 0.3 is 0 Å². The summed E-state index contributed by atoms with van der Waals surface area (Å²) in [7, 11) is 0. The molecule has 56 heavy (non-hydrogen) atoms. The van der Waals surface area contributed by atoms with Crippen LogP contribution in [0.1, 0.15) is 0 Å². The summed E-state index contributed by atoms with van der Waals surface area (Å²) in [6.07, 6.45) is 0. The number of para-hydroxylation sites is 4. The maximum Gasteiger partial charge on any atom is 0.0979 e. The molecule has 0 fully saturated rings. The third kappa shape index (κ3) is 3.92. The quantitative estimate of drug-likeness (QED) is 0.183. The Morgan fingerprint density at radius 1 is 0.357 bits per heavy atom. The second-order valence-corrected chi connectivity index (χ2v) is 14.9. The van der Waals surface area contributed by atoms with Gasteiger partial charge in [-0.15, -0.1) is 0 Å². The van der Waals surface area contributed by atoms with Gasteiger partial charge in [-0.3, -0.25) is 0 Å². The molecule has 0 spiro atoms. The lowest BCUT2D eigenvalue weighted by Gasteiger charge is -2.14. The van der Waals surface area contributed by atoms with E-state index in [0.29, 0.717) is 0 Å². The summed E-state index contributed by atoms with van der Waals surface area (Å²) < 4.78 is 4.96. The van der Waals surface area contributed by atoms with Gasteiger partial charge in [0.05, 0.1) is 50.0 Å². The molecule has 0 amide bonds. The molecule has 0 atom stereocenters. The van der Waals surface area contributed by atoms with Crippen LogP contribution in [0.2, 0.25) is 0 Å². The van der Waals surface area contributed by atoms with Crippen molar-refractivity contribution in [3.63, 3.8) is 0 Å². The van der Waals surface area contributed by atoms with Gasteiger partial charge in [-0.2, -0.15) is 0 Å². The van der Waals surface area contributed by atoms with Crippen molar-refractivity contribution < 1.29 is 0 Å². The van der Waals surface area contributed by atoms with Gasteiger partial charge in [0.25, 0.3) is 0 Å². The van der Waals surface area contributed by atoms with Gasteiger partial charge in [-0.1, -0.05) is 133 Å². The fourth-order valence-corrected chi connectivity index (χ4v) is 9.64. The zero-order valence-electron chi connectivity index (χ0n) is 30.1. The second kappa shape index (κ2) is 11.0. The molecule has 0 unspecified atom stereocenters. The van der Waals surface area contributed by atoms with E-state index in [1.807, 2.05) is 18.2 Å². The van der Waals surface area contributed by atoms with Gasteiger partial charge in [-0.05, 0) is 70.1 Å². The van der Waals surface area contributed by atoms with E-state index in [2.05, 4.69) is 173 Å². The number of hydrogen-bond acceptors (Lipinski definition) is 2. The summed E-state index contributed by atoms with van der Waals surface area (Å²) in [5.74, 6) is 0. The van der Waals surface area contributed by atoms with E-state index in [4.69, 9.17) is 9.97 Å². The molecule has 13 rings (SSSR count). The molecule has 0 aliphatic carbocycles. The van der Waals surface area contributed by atoms with Crippen LogP contribution < -0.4 is 0 Å². The predicted octanol–water partition coefficient (Wildman–Crippen LogP) is 13.5. The lowest BCUT2D eigenvalue weighted by atomic mass is 9.98. The molecular formula is C52H30N4. The lowest BCUT2D eigenvalue weighted by Crippen LogP contribution is -1.97. The van der Waals surface area contributed by atoms with Crippen molar-refractivity contribution in [2.75, 3.05) is 0 Å². The van der Waals surface area contributed by atoms with Gasteiger partial charge in [0.1, 0.15) is 0 Å². The molecule has 0 N–H and O–H groups in total. The van der Waals surface area contributed by atoms with Crippen molar-refractivity contribution in [3.05, 3.63) is 182 Å². The Morgan fingerprint density at radius 2 is 0.964 bits per heavy atom. The molecular weight excluding hydrogens is 681 g/mol. The number of benzene rings is 9. The lowest BCUT2D eigenvalue weighted by molar-refractivity contribution is 1.18. The van der Waals surface area contributed by atoms with Gasteiger partial charge in [0.15, 0.2) is 0 Å². The molecule has 4 heteroatoms. The van der Waals surface area contributed by atoms with Crippen LogP contribution in [0.3, 0.4) is 0 Å². The summed E-state index contributed by atoms with van der Waals surface area (Å²) in [5, 5.41) is 12.6. The Labute approximate surface area is 320 Å². The average Bonchev–Trinajstić information content (AvgIpc) is 3.90. The van der Waals surface area contributed by atoms with Crippen LogP contribution in [-0.4, -0.2) is 18.9 Å². The maximum absolute atomic E-state index is 5.29.